The second-order valence-electron chi connectivity index (χ2n) is 6.69. The average Bonchev–Trinajstić information content (AvgIpc) is 3.34. The zero-order valence-corrected chi connectivity index (χ0v) is 17.4. The molecule has 156 valence electrons. The maximum Gasteiger partial charge on any atom is 0.242 e. The lowest BCUT2D eigenvalue weighted by Gasteiger charge is -2.17. The molecule has 9 heteroatoms. The first-order valence-electron chi connectivity index (χ1n) is 9.37. The van der Waals surface area contributed by atoms with Crippen molar-refractivity contribution >= 4 is 34.4 Å². The minimum absolute atomic E-state index is 0.0965. The van der Waals surface area contributed by atoms with Gasteiger partial charge < -0.3 is 19.5 Å². The highest BCUT2D eigenvalue weighted by molar-refractivity contribution is 8.15. The van der Waals surface area contributed by atoms with Crippen molar-refractivity contribution in [3.8, 4) is 17.2 Å². The lowest BCUT2D eigenvalue weighted by molar-refractivity contribution is -0.129. The molecule has 0 aliphatic carbocycles. The number of hydrogen-bond acceptors (Lipinski definition) is 7. The highest BCUT2D eigenvalue weighted by Gasteiger charge is 2.39. The molecule has 2 aromatic carbocycles. The predicted octanol–water partition coefficient (Wildman–Crippen LogP) is 2.69. The van der Waals surface area contributed by atoms with E-state index < -0.39 is 5.25 Å². The Morgan fingerprint density at radius 3 is 2.73 bits per heavy atom. The van der Waals surface area contributed by atoms with Crippen LogP contribution in [0.5, 0.6) is 17.2 Å². The SMILES string of the molecule is CNC(=O)CC1SC(=Nc2ccc(OC)cc2)N(Cc2ccc3c(c2)OCO3)C1=O. The number of amides is 2. The lowest BCUT2D eigenvalue weighted by atomic mass is 10.1. The number of fused-ring (bicyclic) bond motifs is 1. The molecule has 8 nitrogen and oxygen atoms in total. The third-order valence-corrected chi connectivity index (χ3v) is 5.92. The summed E-state index contributed by atoms with van der Waals surface area (Å²) in [6, 6.07) is 12.8. The van der Waals surface area contributed by atoms with E-state index >= 15 is 0 Å². The van der Waals surface area contributed by atoms with Crippen molar-refractivity contribution < 1.29 is 23.8 Å². The summed E-state index contributed by atoms with van der Waals surface area (Å²) >= 11 is 1.30. The van der Waals surface area contributed by atoms with Gasteiger partial charge in [-0.15, -0.1) is 0 Å². The quantitative estimate of drug-likeness (QED) is 0.763. The number of carbonyl (C=O) groups is 2. The minimum atomic E-state index is -0.518. The van der Waals surface area contributed by atoms with Crippen LogP contribution >= 0.6 is 11.8 Å². The van der Waals surface area contributed by atoms with Crippen LogP contribution in [0.4, 0.5) is 5.69 Å². The minimum Gasteiger partial charge on any atom is -0.497 e. The van der Waals surface area contributed by atoms with Gasteiger partial charge in [-0.1, -0.05) is 17.8 Å². The molecule has 0 saturated carbocycles. The van der Waals surface area contributed by atoms with Crippen molar-refractivity contribution in [2.24, 2.45) is 4.99 Å². The number of nitrogens with one attached hydrogen (secondary N) is 1. The largest absolute Gasteiger partial charge is 0.497 e. The Balaban J connectivity index is 1.61. The van der Waals surface area contributed by atoms with Crippen LogP contribution in [0.25, 0.3) is 0 Å². The van der Waals surface area contributed by atoms with Gasteiger partial charge >= 0.3 is 0 Å². The number of amidine groups is 1. The van der Waals surface area contributed by atoms with Gasteiger partial charge in [0.05, 0.1) is 19.3 Å². The topological polar surface area (TPSA) is 89.5 Å². The molecule has 2 aromatic rings. The second kappa shape index (κ2) is 8.66. The molecule has 0 aromatic heterocycles. The molecule has 1 unspecified atom stereocenters. The maximum absolute atomic E-state index is 13.1. The Bertz CT molecular complexity index is 993. The van der Waals surface area contributed by atoms with Crippen LogP contribution in [0, 0.1) is 0 Å². The van der Waals surface area contributed by atoms with Crippen molar-refractivity contribution in [2.45, 2.75) is 18.2 Å². The number of ether oxygens (including phenoxy) is 3. The Labute approximate surface area is 178 Å². The molecular weight excluding hydrogens is 406 g/mol. The zero-order valence-electron chi connectivity index (χ0n) is 16.6. The number of nitrogens with zero attached hydrogens (tertiary/aromatic N) is 2. The van der Waals surface area contributed by atoms with E-state index in [1.165, 1.54) is 11.8 Å². The van der Waals surface area contributed by atoms with Crippen LogP contribution in [0.15, 0.2) is 47.5 Å². The standard InChI is InChI=1S/C21H21N3O5S/c1-22-19(25)10-18-20(26)24(11-13-3-8-16-17(9-13)29-12-28-16)21(30-18)23-14-4-6-15(27-2)7-5-14/h3-9,18H,10-12H2,1-2H3,(H,22,25). The summed E-state index contributed by atoms with van der Waals surface area (Å²) < 4.78 is 16.0. The number of methoxy groups -OCH3 is 1. The van der Waals surface area contributed by atoms with Crippen LogP contribution in [0.1, 0.15) is 12.0 Å². The molecule has 0 bridgehead atoms. The third-order valence-electron chi connectivity index (χ3n) is 4.74. The molecule has 2 aliphatic rings. The summed E-state index contributed by atoms with van der Waals surface area (Å²) in [5.41, 5.74) is 1.58. The number of hydrogen-bond donors (Lipinski definition) is 1. The third kappa shape index (κ3) is 4.20. The molecule has 0 radical (unpaired) electrons. The number of carbonyl (C=O) groups excluding carboxylic acids is 2. The van der Waals surface area contributed by atoms with Crippen molar-refractivity contribution in [2.75, 3.05) is 21.0 Å². The summed E-state index contributed by atoms with van der Waals surface area (Å²) in [4.78, 5) is 31.2. The first-order chi connectivity index (χ1) is 14.6. The molecule has 30 heavy (non-hydrogen) atoms. The van der Waals surface area contributed by atoms with Gasteiger partial charge in [0.2, 0.25) is 18.6 Å². The van der Waals surface area contributed by atoms with E-state index in [-0.39, 0.29) is 25.0 Å². The van der Waals surface area contributed by atoms with Gasteiger partial charge in [-0.3, -0.25) is 14.5 Å². The van der Waals surface area contributed by atoms with Gasteiger partial charge in [0, 0.05) is 13.5 Å². The van der Waals surface area contributed by atoms with E-state index in [0.717, 1.165) is 11.3 Å². The summed E-state index contributed by atoms with van der Waals surface area (Å²) in [5.74, 6) is 1.74. The van der Waals surface area contributed by atoms with E-state index in [0.29, 0.717) is 28.9 Å². The number of benzene rings is 2. The summed E-state index contributed by atoms with van der Waals surface area (Å²) in [7, 11) is 3.16. The van der Waals surface area contributed by atoms with Gasteiger partial charge in [-0.05, 0) is 42.0 Å². The van der Waals surface area contributed by atoms with E-state index in [1.54, 1.807) is 19.1 Å². The average molecular weight is 427 g/mol. The Morgan fingerprint density at radius 1 is 1.23 bits per heavy atom. The predicted molar refractivity (Wildman–Crippen MR) is 113 cm³/mol. The van der Waals surface area contributed by atoms with Crippen LogP contribution in [0.2, 0.25) is 0 Å². The van der Waals surface area contributed by atoms with E-state index in [2.05, 4.69) is 10.3 Å². The maximum atomic E-state index is 13.1. The molecule has 4 rings (SSSR count). The highest BCUT2D eigenvalue weighted by atomic mass is 32.2. The molecule has 0 spiro atoms. The smallest absolute Gasteiger partial charge is 0.242 e. The van der Waals surface area contributed by atoms with Gasteiger partial charge in [0.25, 0.3) is 0 Å². The summed E-state index contributed by atoms with van der Waals surface area (Å²) in [6.45, 7) is 0.511. The monoisotopic (exact) mass is 427 g/mol. The van der Waals surface area contributed by atoms with Gasteiger partial charge in [-0.2, -0.15) is 0 Å². The Kier molecular flexibility index (Phi) is 5.80. The fourth-order valence-corrected chi connectivity index (χ4v) is 4.29. The van der Waals surface area contributed by atoms with Crippen molar-refractivity contribution in [1.29, 1.82) is 0 Å². The molecule has 1 N–H and O–H groups in total. The first kappa shape index (κ1) is 20.1. The van der Waals surface area contributed by atoms with Gasteiger partial charge in [-0.25, -0.2) is 4.99 Å². The van der Waals surface area contributed by atoms with Crippen LogP contribution in [0.3, 0.4) is 0 Å². The van der Waals surface area contributed by atoms with Crippen LogP contribution in [-0.4, -0.2) is 48.1 Å². The van der Waals surface area contributed by atoms with Gasteiger partial charge in [0.15, 0.2) is 16.7 Å². The van der Waals surface area contributed by atoms with E-state index in [1.807, 2.05) is 42.5 Å². The Morgan fingerprint density at radius 2 is 2.00 bits per heavy atom. The van der Waals surface area contributed by atoms with E-state index in [4.69, 9.17) is 14.2 Å². The molecular formula is C21H21N3O5S. The molecule has 1 saturated heterocycles. The number of thioether (sulfide) groups is 1. The molecule has 2 amide bonds. The molecule has 2 aliphatic heterocycles. The molecule has 2 heterocycles. The fraction of sp³-hybridized carbons (Fsp3) is 0.286. The highest BCUT2D eigenvalue weighted by Crippen LogP contribution is 2.36. The summed E-state index contributed by atoms with van der Waals surface area (Å²) in [6.07, 6.45) is 0.0965. The summed E-state index contributed by atoms with van der Waals surface area (Å²) in [5, 5.41) is 2.61. The van der Waals surface area contributed by atoms with Crippen molar-refractivity contribution in [1.82, 2.24) is 10.2 Å². The molecule has 1 fully saturated rings. The number of aliphatic imine (C=N–C) groups is 1. The normalized spacial score (nSPS) is 18.7. The second-order valence-corrected chi connectivity index (χ2v) is 7.86. The van der Waals surface area contributed by atoms with Crippen molar-refractivity contribution in [3.05, 3.63) is 48.0 Å². The van der Waals surface area contributed by atoms with Crippen LogP contribution in [-0.2, 0) is 16.1 Å². The van der Waals surface area contributed by atoms with Crippen molar-refractivity contribution in [3.63, 3.8) is 0 Å². The van der Waals surface area contributed by atoms with Crippen LogP contribution < -0.4 is 19.5 Å². The fourth-order valence-electron chi connectivity index (χ4n) is 3.13. The van der Waals surface area contributed by atoms with Gasteiger partial charge in [0.1, 0.15) is 11.0 Å². The first-order valence-corrected chi connectivity index (χ1v) is 10.2. The lowest BCUT2D eigenvalue weighted by Crippen LogP contribution is -2.33. The zero-order chi connectivity index (χ0) is 21.1. The van der Waals surface area contributed by atoms with E-state index in [9.17, 15) is 9.59 Å². The number of rotatable bonds is 6. The molecule has 1 atom stereocenters. The Hall–Kier alpha value is -3.20.